The summed E-state index contributed by atoms with van der Waals surface area (Å²) in [6.45, 7) is 6.77. The molecule has 2 nitrogen and oxygen atoms in total. The molecule has 2 heteroatoms. The molecular formula is C40H34N2. The molecule has 0 aliphatic carbocycles. The van der Waals surface area contributed by atoms with Gasteiger partial charge in [-0.1, -0.05) is 136 Å². The van der Waals surface area contributed by atoms with E-state index in [1.165, 1.54) is 5.56 Å². The topological polar surface area (TPSA) is 25.8 Å². The summed E-state index contributed by atoms with van der Waals surface area (Å²) in [5.74, 6) is 0. The van der Waals surface area contributed by atoms with E-state index in [1.807, 2.05) is 24.5 Å². The monoisotopic (exact) mass is 542 g/mol. The van der Waals surface area contributed by atoms with Gasteiger partial charge in [0.1, 0.15) is 0 Å². The van der Waals surface area contributed by atoms with Crippen LogP contribution in [-0.4, -0.2) is 9.97 Å². The second-order valence-electron chi connectivity index (χ2n) is 11.5. The van der Waals surface area contributed by atoms with Gasteiger partial charge >= 0.3 is 0 Å². The SMILES string of the molecule is CC(C)(C)c1ccc(/C(=C(\c2ccccc2)c2cc(/C=C/c3ccncc3)c3ccccc3n2)c2ccccc2)cc1. The van der Waals surface area contributed by atoms with Crippen LogP contribution in [0.4, 0.5) is 0 Å². The highest BCUT2D eigenvalue weighted by Gasteiger charge is 2.20. The van der Waals surface area contributed by atoms with Gasteiger partial charge in [-0.2, -0.15) is 0 Å². The predicted octanol–water partition coefficient (Wildman–Crippen LogP) is 10.1. The highest BCUT2D eigenvalue weighted by Crippen LogP contribution is 2.38. The normalized spacial score (nSPS) is 12.5. The molecule has 0 bridgehead atoms. The van der Waals surface area contributed by atoms with Crippen LogP contribution in [0.15, 0.2) is 140 Å². The number of pyridine rings is 2. The minimum Gasteiger partial charge on any atom is -0.265 e. The summed E-state index contributed by atoms with van der Waals surface area (Å²) in [5, 5.41) is 1.12. The van der Waals surface area contributed by atoms with Gasteiger partial charge in [0.05, 0.1) is 11.2 Å². The Hall–Kier alpha value is -5.08. The van der Waals surface area contributed by atoms with Gasteiger partial charge in [0.2, 0.25) is 0 Å². The molecule has 6 rings (SSSR count). The molecule has 0 amide bonds. The molecule has 0 saturated carbocycles. The smallest absolute Gasteiger partial charge is 0.0728 e. The maximum Gasteiger partial charge on any atom is 0.0728 e. The number of nitrogens with zero attached hydrogens (tertiary/aromatic N) is 2. The Labute approximate surface area is 248 Å². The van der Waals surface area contributed by atoms with Gasteiger partial charge < -0.3 is 0 Å². The maximum absolute atomic E-state index is 5.29. The lowest BCUT2D eigenvalue weighted by molar-refractivity contribution is 0.590. The Morgan fingerprint density at radius 3 is 1.79 bits per heavy atom. The van der Waals surface area contributed by atoms with E-state index in [0.717, 1.165) is 55.6 Å². The molecule has 204 valence electrons. The molecule has 0 radical (unpaired) electrons. The third-order valence-electron chi connectivity index (χ3n) is 7.58. The molecular weight excluding hydrogens is 508 g/mol. The fourth-order valence-electron chi connectivity index (χ4n) is 5.35. The third kappa shape index (κ3) is 5.84. The first-order valence-electron chi connectivity index (χ1n) is 14.4. The van der Waals surface area contributed by atoms with Crippen LogP contribution in [0.25, 0.3) is 34.2 Å². The number of aromatic nitrogens is 2. The average molecular weight is 543 g/mol. The highest BCUT2D eigenvalue weighted by atomic mass is 14.7. The summed E-state index contributed by atoms with van der Waals surface area (Å²) in [6, 6.07) is 45.0. The lowest BCUT2D eigenvalue weighted by Crippen LogP contribution is -2.10. The standard InChI is InChI=1S/C40H34N2/c1-40(2,3)34-22-20-32(21-23-34)38(30-12-6-4-7-13-30)39(31-14-8-5-9-15-31)37-28-33(19-18-29-24-26-41-27-25-29)35-16-10-11-17-36(35)42-37/h4-28H,1-3H3/b19-18+,39-38+. The van der Waals surface area contributed by atoms with Gasteiger partial charge in [0.25, 0.3) is 0 Å². The van der Waals surface area contributed by atoms with E-state index < -0.39 is 0 Å². The summed E-state index contributed by atoms with van der Waals surface area (Å²) in [6.07, 6.45) is 7.97. The van der Waals surface area contributed by atoms with Crippen LogP contribution in [0.3, 0.4) is 0 Å². The summed E-state index contributed by atoms with van der Waals surface area (Å²) in [5.41, 5.74) is 11.2. The zero-order valence-electron chi connectivity index (χ0n) is 24.3. The van der Waals surface area contributed by atoms with Crippen LogP contribution in [0, 0.1) is 0 Å². The van der Waals surface area contributed by atoms with Crippen molar-refractivity contribution in [2.24, 2.45) is 0 Å². The zero-order valence-corrected chi connectivity index (χ0v) is 24.3. The number of fused-ring (bicyclic) bond motifs is 1. The van der Waals surface area contributed by atoms with Crippen molar-refractivity contribution < 1.29 is 0 Å². The van der Waals surface area contributed by atoms with Gasteiger partial charge in [-0.15, -0.1) is 0 Å². The van der Waals surface area contributed by atoms with Crippen LogP contribution >= 0.6 is 0 Å². The molecule has 6 aromatic rings. The molecule has 0 unspecified atom stereocenters. The molecule has 0 atom stereocenters. The van der Waals surface area contributed by atoms with E-state index >= 15 is 0 Å². The van der Waals surface area contributed by atoms with Crippen molar-refractivity contribution in [1.82, 2.24) is 9.97 Å². The molecule has 2 heterocycles. The fourth-order valence-corrected chi connectivity index (χ4v) is 5.35. The molecule has 2 aromatic heterocycles. The summed E-state index contributed by atoms with van der Waals surface area (Å²) >= 11 is 0. The molecule has 0 N–H and O–H groups in total. The first-order chi connectivity index (χ1) is 20.5. The first-order valence-corrected chi connectivity index (χ1v) is 14.4. The van der Waals surface area contributed by atoms with Crippen LogP contribution in [0.5, 0.6) is 0 Å². The molecule has 0 spiro atoms. The van der Waals surface area contributed by atoms with Gasteiger partial charge in [-0.3, -0.25) is 4.98 Å². The Morgan fingerprint density at radius 1 is 0.571 bits per heavy atom. The van der Waals surface area contributed by atoms with Gasteiger partial charge in [-0.25, -0.2) is 4.98 Å². The molecule has 0 saturated heterocycles. The van der Waals surface area contributed by atoms with E-state index in [4.69, 9.17) is 4.98 Å². The molecule has 0 aliphatic rings. The van der Waals surface area contributed by atoms with Crippen molar-refractivity contribution in [3.63, 3.8) is 0 Å². The van der Waals surface area contributed by atoms with Crippen molar-refractivity contribution in [1.29, 1.82) is 0 Å². The number of benzene rings is 4. The number of para-hydroxylation sites is 1. The Bertz CT molecular complexity index is 1860. The molecule has 4 aromatic carbocycles. The van der Waals surface area contributed by atoms with E-state index in [1.54, 1.807) is 0 Å². The average Bonchev–Trinajstić information content (AvgIpc) is 3.03. The Kier molecular flexibility index (Phi) is 7.62. The minimum atomic E-state index is 0.0768. The van der Waals surface area contributed by atoms with E-state index in [0.29, 0.717) is 0 Å². The summed E-state index contributed by atoms with van der Waals surface area (Å²) in [7, 11) is 0. The van der Waals surface area contributed by atoms with Gasteiger partial charge in [-0.05, 0) is 68.6 Å². The maximum atomic E-state index is 5.29. The van der Waals surface area contributed by atoms with Crippen molar-refractivity contribution in [3.05, 3.63) is 179 Å². The molecule has 0 fully saturated rings. The molecule has 42 heavy (non-hydrogen) atoms. The van der Waals surface area contributed by atoms with E-state index in [-0.39, 0.29) is 5.41 Å². The van der Waals surface area contributed by atoms with Crippen LogP contribution in [0.2, 0.25) is 0 Å². The van der Waals surface area contributed by atoms with Crippen LogP contribution in [0.1, 0.15) is 59.8 Å². The fraction of sp³-hybridized carbons (Fsp3) is 0.100. The number of hydrogen-bond acceptors (Lipinski definition) is 2. The van der Waals surface area contributed by atoms with Crippen LogP contribution in [-0.2, 0) is 5.41 Å². The second kappa shape index (κ2) is 11.8. The third-order valence-corrected chi connectivity index (χ3v) is 7.58. The lowest BCUT2D eigenvalue weighted by Gasteiger charge is -2.21. The molecule has 0 aliphatic heterocycles. The van der Waals surface area contributed by atoms with Crippen molar-refractivity contribution in [2.45, 2.75) is 26.2 Å². The lowest BCUT2D eigenvalue weighted by atomic mass is 9.83. The van der Waals surface area contributed by atoms with Crippen molar-refractivity contribution in [2.75, 3.05) is 0 Å². The van der Waals surface area contributed by atoms with E-state index in [2.05, 4.69) is 153 Å². The van der Waals surface area contributed by atoms with Gasteiger partial charge in [0.15, 0.2) is 0 Å². The van der Waals surface area contributed by atoms with Crippen molar-refractivity contribution >= 4 is 34.2 Å². The largest absolute Gasteiger partial charge is 0.265 e. The van der Waals surface area contributed by atoms with E-state index in [9.17, 15) is 0 Å². The quantitative estimate of drug-likeness (QED) is 0.196. The second-order valence-corrected chi connectivity index (χ2v) is 11.5. The number of hydrogen-bond donors (Lipinski definition) is 0. The highest BCUT2D eigenvalue weighted by molar-refractivity contribution is 6.05. The summed E-state index contributed by atoms with van der Waals surface area (Å²) in [4.78, 5) is 9.46. The number of rotatable bonds is 6. The first kappa shape index (κ1) is 27.1. The van der Waals surface area contributed by atoms with Gasteiger partial charge in [0, 0.05) is 23.4 Å². The summed E-state index contributed by atoms with van der Waals surface area (Å²) < 4.78 is 0. The predicted molar refractivity (Wildman–Crippen MR) is 178 cm³/mol. The van der Waals surface area contributed by atoms with Crippen LogP contribution < -0.4 is 0 Å². The minimum absolute atomic E-state index is 0.0768. The Morgan fingerprint density at radius 2 is 1.14 bits per heavy atom. The van der Waals surface area contributed by atoms with Crippen molar-refractivity contribution in [3.8, 4) is 0 Å². The Balaban J connectivity index is 1.65. The zero-order chi connectivity index (χ0) is 28.9.